The van der Waals surface area contributed by atoms with E-state index in [0.29, 0.717) is 31.2 Å². The number of likely N-dealkylation sites (N-methyl/N-ethyl adjacent to an activating group) is 1. The first-order chi connectivity index (χ1) is 14.1. The molecule has 176 valence electrons. The number of amides is 1. The van der Waals surface area contributed by atoms with Crippen LogP contribution in [0, 0.1) is 11.8 Å². The maximum absolute atomic E-state index is 13.3. The number of nitrogens with zero attached hydrogens (tertiary/aromatic N) is 1. The first-order valence-corrected chi connectivity index (χ1v) is 12.0. The molecule has 30 heavy (non-hydrogen) atoms. The molecule has 0 aromatic carbocycles. The van der Waals surface area contributed by atoms with E-state index in [2.05, 4.69) is 55.9 Å². The van der Waals surface area contributed by atoms with Crippen molar-refractivity contribution in [2.24, 2.45) is 17.6 Å². The summed E-state index contributed by atoms with van der Waals surface area (Å²) in [5, 5.41) is 6.59. The molecular formula is C22H44N4O3S. The van der Waals surface area contributed by atoms with Crippen LogP contribution in [0.1, 0.15) is 60.3 Å². The van der Waals surface area contributed by atoms with E-state index < -0.39 is 5.54 Å². The highest BCUT2D eigenvalue weighted by molar-refractivity contribution is 7.80. The molecule has 0 aromatic heterocycles. The van der Waals surface area contributed by atoms with Crippen LogP contribution < -0.4 is 16.4 Å². The fourth-order valence-electron chi connectivity index (χ4n) is 3.95. The summed E-state index contributed by atoms with van der Waals surface area (Å²) in [6.45, 7) is 12.2. The summed E-state index contributed by atoms with van der Waals surface area (Å²) in [5.74, 6) is 0.764. The van der Waals surface area contributed by atoms with Crippen LogP contribution in [0.15, 0.2) is 0 Å². The van der Waals surface area contributed by atoms with Gasteiger partial charge in [-0.2, -0.15) is 12.6 Å². The van der Waals surface area contributed by atoms with Crippen LogP contribution in [0.4, 0.5) is 0 Å². The number of hydrogen-bond donors (Lipinski definition) is 4. The second kappa shape index (κ2) is 12.9. The molecule has 4 N–H and O–H groups in total. The number of thiol groups is 1. The minimum absolute atomic E-state index is 0.00359. The normalized spacial score (nSPS) is 24.6. The number of nitrogens with one attached hydrogen (secondary N) is 2. The number of carbonyl (C=O) groups excluding carboxylic acids is 2. The summed E-state index contributed by atoms with van der Waals surface area (Å²) in [4.78, 5) is 27.7. The first-order valence-electron chi connectivity index (χ1n) is 11.4. The molecule has 1 fully saturated rings. The van der Waals surface area contributed by atoms with Crippen molar-refractivity contribution in [3.05, 3.63) is 0 Å². The van der Waals surface area contributed by atoms with Crippen molar-refractivity contribution in [3.63, 3.8) is 0 Å². The van der Waals surface area contributed by atoms with Gasteiger partial charge in [0.2, 0.25) is 5.91 Å². The van der Waals surface area contributed by atoms with Crippen LogP contribution in [-0.2, 0) is 14.3 Å². The highest BCUT2D eigenvalue weighted by Crippen LogP contribution is 2.23. The van der Waals surface area contributed by atoms with Gasteiger partial charge in [-0.3, -0.25) is 9.69 Å². The van der Waals surface area contributed by atoms with Crippen LogP contribution in [0.3, 0.4) is 0 Å². The van der Waals surface area contributed by atoms with Gasteiger partial charge in [-0.05, 0) is 38.6 Å². The zero-order chi connectivity index (χ0) is 22.9. The van der Waals surface area contributed by atoms with Gasteiger partial charge in [0.15, 0.2) is 0 Å². The highest BCUT2D eigenvalue weighted by atomic mass is 32.1. The Balaban J connectivity index is 2.93. The van der Waals surface area contributed by atoms with Crippen molar-refractivity contribution in [3.8, 4) is 0 Å². The molecule has 1 aliphatic rings. The van der Waals surface area contributed by atoms with Gasteiger partial charge in [0.25, 0.3) is 0 Å². The van der Waals surface area contributed by atoms with Gasteiger partial charge in [-0.15, -0.1) is 0 Å². The summed E-state index contributed by atoms with van der Waals surface area (Å²) in [6.07, 6.45) is 3.27. The maximum Gasteiger partial charge on any atom is 0.331 e. The molecule has 8 heteroatoms. The zero-order valence-corrected chi connectivity index (χ0v) is 20.6. The van der Waals surface area contributed by atoms with E-state index in [4.69, 9.17) is 10.5 Å². The fraction of sp³-hybridized carbons (Fsp3) is 0.909. The molecule has 0 saturated carbocycles. The van der Waals surface area contributed by atoms with E-state index in [1.807, 2.05) is 7.05 Å². The van der Waals surface area contributed by atoms with Gasteiger partial charge in [-0.1, -0.05) is 40.5 Å². The average molecular weight is 445 g/mol. The van der Waals surface area contributed by atoms with Crippen molar-refractivity contribution in [1.82, 2.24) is 15.5 Å². The van der Waals surface area contributed by atoms with E-state index in [1.165, 1.54) is 0 Å². The number of cyclic esters (lactones) is 1. The van der Waals surface area contributed by atoms with Crippen LogP contribution in [-0.4, -0.2) is 72.9 Å². The fourth-order valence-corrected chi connectivity index (χ4v) is 4.08. The predicted octanol–water partition coefficient (Wildman–Crippen LogP) is 1.81. The van der Waals surface area contributed by atoms with Crippen molar-refractivity contribution >= 4 is 24.5 Å². The molecule has 1 amide bonds. The van der Waals surface area contributed by atoms with E-state index in [0.717, 1.165) is 25.8 Å². The molecule has 0 spiro atoms. The van der Waals surface area contributed by atoms with Gasteiger partial charge < -0.3 is 21.1 Å². The molecule has 0 radical (unpaired) electrons. The smallest absolute Gasteiger partial charge is 0.331 e. The quantitative estimate of drug-likeness (QED) is 0.256. The Kier molecular flexibility index (Phi) is 11.7. The molecule has 0 bridgehead atoms. The molecule has 1 heterocycles. The Morgan fingerprint density at radius 1 is 1.30 bits per heavy atom. The number of hydrogen-bond acceptors (Lipinski definition) is 7. The summed E-state index contributed by atoms with van der Waals surface area (Å²) < 4.78 is 5.20. The minimum atomic E-state index is -0.949. The van der Waals surface area contributed by atoms with Crippen LogP contribution in [0.2, 0.25) is 0 Å². The molecule has 0 unspecified atom stereocenters. The molecule has 0 aliphatic carbocycles. The lowest BCUT2D eigenvalue weighted by Crippen LogP contribution is -2.61. The van der Waals surface area contributed by atoms with Crippen LogP contribution >= 0.6 is 12.6 Å². The molecule has 1 aliphatic heterocycles. The number of rotatable bonds is 13. The predicted molar refractivity (Wildman–Crippen MR) is 126 cm³/mol. The molecule has 1 saturated heterocycles. The lowest BCUT2D eigenvalue weighted by atomic mass is 9.90. The number of carbonyl (C=O) groups is 2. The third kappa shape index (κ3) is 7.70. The second-order valence-corrected chi connectivity index (χ2v) is 9.54. The summed E-state index contributed by atoms with van der Waals surface area (Å²) in [7, 11) is 1.99. The summed E-state index contributed by atoms with van der Waals surface area (Å²) in [5.41, 5.74) is 5.09. The third-order valence-corrected chi connectivity index (χ3v) is 6.99. The van der Waals surface area contributed by atoms with Gasteiger partial charge in [0.05, 0.1) is 12.6 Å². The van der Waals surface area contributed by atoms with Gasteiger partial charge in [0, 0.05) is 30.9 Å². The van der Waals surface area contributed by atoms with Crippen molar-refractivity contribution in [2.75, 3.05) is 32.5 Å². The van der Waals surface area contributed by atoms with Crippen LogP contribution in [0.5, 0.6) is 0 Å². The molecular weight excluding hydrogens is 400 g/mol. The average Bonchev–Trinajstić information content (AvgIpc) is 2.72. The Morgan fingerprint density at radius 3 is 2.47 bits per heavy atom. The monoisotopic (exact) mass is 444 g/mol. The molecule has 1 rings (SSSR count). The van der Waals surface area contributed by atoms with Crippen molar-refractivity contribution in [1.29, 1.82) is 0 Å². The Morgan fingerprint density at radius 2 is 1.93 bits per heavy atom. The SMILES string of the molecule is CC[C@H](C)[C@@H](C(=O)N[C@@]1(C)CCCOC1=O)N(C)C[C@@H](NC[C@@H](N)CS)[C@@H](C)CC. The number of ether oxygens (including phenoxy) is 1. The largest absolute Gasteiger partial charge is 0.464 e. The number of nitrogens with two attached hydrogens (primary N) is 1. The highest BCUT2D eigenvalue weighted by Gasteiger charge is 2.41. The topological polar surface area (TPSA) is 96.7 Å². The Bertz CT molecular complexity index is 550. The third-order valence-electron chi connectivity index (χ3n) is 6.52. The second-order valence-electron chi connectivity index (χ2n) is 9.17. The van der Waals surface area contributed by atoms with Crippen molar-refractivity contribution in [2.45, 2.75) is 84.0 Å². The standard InChI is InChI=1S/C22H44N4O3S/c1-7-15(3)18(24-12-17(23)14-30)13-26(6)19(16(4)8-2)20(27)25-22(5)10-9-11-29-21(22)28/h15-19,24,30H,7-14,23H2,1-6H3,(H,25,27)/t15-,16-,17+,18+,19-,22-/m0/s1. The van der Waals surface area contributed by atoms with Crippen LogP contribution in [0.25, 0.3) is 0 Å². The Hall–Kier alpha value is -0.830. The minimum Gasteiger partial charge on any atom is -0.464 e. The molecule has 0 aromatic rings. The molecule has 6 atom stereocenters. The van der Waals surface area contributed by atoms with E-state index in [-0.39, 0.29) is 35.9 Å². The first kappa shape index (κ1) is 27.2. The molecule has 7 nitrogen and oxygen atoms in total. The van der Waals surface area contributed by atoms with Gasteiger partial charge >= 0.3 is 5.97 Å². The van der Waals surface area contributed by atoms with E-state index in [9.17, 15) is 9.59 Å². The van der Waals surface area contributed by atoms with E-state index in [1.54, 1.807) is 6.92 Å². The summed E-state index contributed by atoms with van der Waals surface area (Å²) >= 11 is 4.27. The van der Waals surface area contributed by atoms with Gasteiger partial charge in [-0.25, -0.2) is 4.79 Å². The summed E-state index contributed by atoms with van der Waals surface area (Å²) in [6, 6.07) is -0.120. The maximum atomic E-state index is 13.3. The number of esters is 1. The van der Waals surface area contributed by atoms with Gasteiger partial charge in [0.1, 0.15) is 5.54 Å². The Labute approximate surface area is 188 Å². The lowest BCUT2D eigenvalue weighted by Gasteiger charge is -2.39. The zero-order valence-electron chi connectivity index (χ0n) is 19.7. The van der Waals surface area contributed by atoms with E-state index >= 15 is 0 Å². The van der Waals surface area contributed by atoms with Crippen molar-refractivity contribution < 1.29 is 14.3 Å². The lowest BCUT2D eigenvalue weighted by molar-refractivity contribution is -0.158.